The van der Waals surface area contributed by atoms with Crippen LogP contribution in [0.5, 0.6) is 0 Å². The summed E-state index contributed by atoms with van der Waals surface area (Å²) in [5, 5.41) is 26.5. The Balaban J connectivity index is 1.82. The number of piperidine rings is 1. The van der Waals surface area contributed by atoms with Crippen LogP contribution in [0.2, 0.25) is 0 Å². The van der Waals surface area contributed by atoms with Crippen molar-refractivity contribution < 1.29 is 14.5 Å². The van der Waals surface area contributed by atoms with Gasteiger partial charge in [0.2, 0.25) is 11.4 Å². The predicted octanol–water partition coefficient (Wildman–Crippen LogP) is 2.12. The quantitative estimate of drug-likeness (QED) is 0.486. The first-order valence-electron chi connectivity index (χ1n) is 7.60. The van der Waals surface area contributed by atoms with Crippen molar-refractivity contribution >= 4 is 5.69 Å². The number of rotatable bonds is 4. The molecule has 0 atom stereocenters. The molecule has 8 nitrogen and oxygen atoms in total. The van der Waals surface area contributed by atoms with E-state index in [1.54, 1.807) is 12.1 Å². The second-order valence-corrected chi connectivity index (χ2v) is 5.99. The first kappa shape index (κ1) is 15.4. The molecule has 0 saturated carbocycles. The minimum atomic E-state index is -0.474. The van der Waals surface area contributed by atoms with Crippen LogP contribution < -0.4 is 4.90 Å². The molecule has 0 amide bonds. The van der Waals surface area contributed by atoms with Gasteiger partial charge in [0.05, 0.1) is 11.5 Å². The lowest BCUT2D eigenvalue weighted by Gasteiger charge is -2.28. The van der Waals surface area contributed by atoms with Gasteiger partial charge < -0.3 is 5.21 Å². The Labute approximate surface area is 133 Å². The molecule has 0 spiro atoms. The smallest absolute Gasteiger partial charge is 0.269 e. The van der Waals surface area contributed by atoms with Gasteiger partial charge in [0.1, 0.15) is 0 Å². The van der Waals surface area contributed by atoms with Crippen molar-refractivity contribution in [2.45, 2.75) is 26.3 Å². The van der Waals surface area contributed by atoms with Crippen LogP contribution in [0, 0.1) is 21.2 Å². The molecule has 1 aromatic heterocycles. The Bertz CT molecular complexity index is 690. The van der Waals surface area contributed by atoms with Crippen LogP contribution in [0.3, 0.4) is 0 Å². The van der Waals surface area contributed by atoms with E-state index in [0.717, 1.165) is 31.8 Å². The molecule has 0 bridgehead atoms. The summed E-state index contributed by atoms with van der Waals surface area (Å²) in [5.74, 6) is 0.724. The molecule has 1 aromatic carbocycles. The first-order valence-corrected chi connectivity index (χ1v) is 7.60. The fourth-order valence-corrected chi connectivity index (χ4v) is 2.82. The highest BCUT2D eigenvalue weighted by atomic mass is 16.8. The van der Waals surface area contributed by atoms with E-state index in [9.17, 15) is 15.3 Å². The second-order valence-electron chi connectivity index (χ2n) is 5.99. The molecular formula is C15H18N4O4. The van der Waals surface area contributed by atoms with Crippen LogP contribution in [0.1, 0.15) is 25.5 Å². The van der Waals surface area contributed by atoms with Crippen molar-refractivity contribution in [1.82, 2.24) is 10.1 Å². The number of nitro groups is 1. The lowest BCUT2D eigenvalue weighted by atomic mass is 9.99. The minimum absolute atomic E-state index is 0.0192. The van der Waals surface area contributed by atoms with E-state index in [4.69, 9.17) is 4.63 Å². The van der Waals surface area contributed by atoms with Gasteiger partial charge in [0, 0.05) is 22.9 Å². The molecule has 0 aliphatic carbocycles. The molecule has 8 heteroatoms. The molecule has 1 saturated heterocycles. The SMILES string of the molecule is CC1CCN(Cc2no[n+]([O-])c2-c2ccc([N+](=O)[O-])cc2)CC1. The molecule has 0 unspecified atom stereocenters. The summed E-state index contributed by atoms with van der Waals surface area (Å²) in [5.41, 5.74) is 1.42. The van der Waals surface area contributed by atoms with Gasteiger partial charge in [-0.3, -0.25) is 19.6 Å². The molecule has 2 aromatic rings. The molecule has 2 heterocycles. The van der Waals surface area contributed by atoms with Crippen molar-refractivity contribution in [1.29, 1.82) is 0 Å². The zero-order chi connectivity index (χ0) is 16.4. The topological polar surface area (TPSA) is 99.4 Å². The minimum Gasteiger partial charge on any atom is -0.359 e. The van der Waals surface area contributed by atoms with E-state index >= 15 is 0 Å². The van der Waals surface area contributed by atoms with Crippen LogP contribution in [0.4, 0.5) is 5.69 Å². The average molecular weight is 318 g/mol. The summed E-state index contributed by atoms with van der Waals surface area (Å²) in [6.45, 7) is 4.71. The molecule has 122 valence electrons. The van der Waals surface area contributed by atoms with Crippen LogP contribution in [0.25, 0.3) is 11.3 Å². The van der Waals surface area contributed by atoms with E-state index in [2.05, 4.69) is 17.0 Å². The van der Waals surface area contributed by atoms with Gasteiger partial charge in [-0.25, -0.2) is 0 Å². The van der Waals surface area contributed by atoms with Gasteiger partial charge in [-0.05, 0) is 48.9 Å². The van der Waals surface area contributed by atoms with E-state index in [0.29, 0.717) is 28.4 Å². The number of hydrogen-bond donors (Lipinski definition) is 0. The van der Waals surface area contributed by atoms with Crippen molar-refractivity contribution in [2.75, 3.05) is 13.1 Å². The van der Waals surface area contributed by atoms with E-state index in [1.165, 1.54) is 12.1 Å². The van der Waals surface area contributed by atoms with Gasteiger partial charge in [-0.1, -0.05) is 6.92 Å². The molecule has 3 rings (SSSR count). The van der Waals surface area contributed by atoms with Crippen LogP contribution in [0.15, 0.2) is 28.9 Å². The average Bonchev–Trinajstić information content (AvgIpc) is 2.90. The van der Waals surface area contributed by atoms with Crippen molar-refractivity contribution in [3.8, 4) is 11.3 Å². The Hall–Kier alpha value is -2.48. The predicted molar refractivity (Wildman–Crippen MR) is 81.2 cm³/mol. The summed E-state index contributed by atoms with van der Waals surface area (Å²) in [6.07, 6.45) is 2.25. The first-order chi connectivity index (χ1) is 11.0. The lowest BCUT2D eigenvalue weighted by Crippen LogP contribution is -2.33. The lowest BCUT2D eigenvalue weighted by molar-refractivity contribution is -0.793. The number of hydrogen-bond acceptors (Lipinski definition) is 6. The third-order valence-corrected chi connectivity index (χ3v) is 4.28. The van der Waals surface area contributed by atoms with Crippen LogP contribution >= 0.6 is 0 Å². The molecule has 1 fully saturated rings. The summed E-state index contributed by atoms with van der Waals surface area (Å²) in [4.78, 5) is 12.9. The highest BCUT2D eigenvalue weighted by Crippen LogP contribution is 2.24. The zero-order valence-electron chi connectivity index (χ0n) is 12.8. The maximum absolute atomic E-state index is 11.9. The highest BCUT2D eigenvalue weighted by molar-refractivity contribution is 5.60. The molecular weight excluding hydrogens is 300 g/mol. The van der Waals surface area contributed by atoms with Gasteiger partial charge in [-0.2, -0.15) is 0 Å². The standard InChI is InChI=1S/C15H18N4O4/c1-11-6-8-17(9-7-11)10-14-15(19(22)23-16-14)12-2-4-13(5-3-12)18(20)21/h2-5,11H,6-10H2,1H3. The maximum Gasteiger partial charge on any atom is 0.269 e. The largest absolute Gasteiger partial charge is 0.359 e. The number of likely N-dealkylation sites (tertiary alicyclic amines) is 1. The number of non-ortho nitro benzene ring substituents is 1. The fourth-order valence-electron chi connectivity index (χ4n) is 2.82. The second kappa shape index (κ2) is 6.33. The summed E-state index contributed by atoms with van der Waals surface area (Å²) in [6, 6.07) is 5.82. The third-order valence-electron chi connectivity index (χ3n) is 4.28. The van der Waals surface area contributed by atoms with Crippen molar-refractivity contribution in [3.63, 3.8) is 0 Å². The Morgan fingerprint density at radius 3 is 2.61 bits per heavy atom. The number of nitro benzene ring substituents is 1. The number of benzene rings is 1. The van der Waals surface area contributed by atoms with Crippen LogP contribution in [-0.4, -0.2) is 28.1 Å². The highest BCUT2D eigenvalue weighted by Gasteiger charge is 2.25. The van der Waals surface area contributed by atoms with E-state index < -0.39 is 4.92 Å². The van der Waals surface area contributed by atoms with Crippen molar-refractivity contribution in [3.05, 3.63) is 45.3 Å². The summed E-state index contributed by atoms with van der Waals surface area (Å²) < 4.78 is 4.74. The summed E-state index contributed by atoms with van der Waals surface area (Å²) in [7, 11) is 0. The monoisotopic (exact) mass is 318 g/mol. The Morgan fingerprint density at radius 1 is 1.35 bits per heavy atom. The van der Waals surface area contributed by atoms with Gasteiger partial charge in [0.15, 0.2) is 0 Å². The number of aromatic nitrogens is 2. The molecule has 0 radical (unpaired) electrons. The zero-order valence-corrected chi connectivity index (χ0v) is 12.8. The normalized spacial score (nSPS) is 16.6. The molecule has 1 aliphatic heterocycles. The molecule has 1 aliphatic rings. The van der Waals surface area contributed by atoms with Gasteiger partial charge in [0.25, 0.3) is 5.69 Å². The Morgan fingerprint density at radius 2 is 2.00 bits per heavy atom. The van der Waals surface area contributed by atoms with Gasteiger partial charge >= 0.3 is 0 Å². The van der Waals surface area contributed by atoms with Gasteiger partial charge in [-0.15, -0.1) is 0 Å². The van der Waals surface area contributed by atoms with E-state index in [1.807, 2.05) is 0 Å². The molecule has 23 heavy (non-hydrogen) atoms. The third kappa shape index (κ3) is 3.31. The number of nitrogens with zero attached hydrogens (tertiary/aromatic N) is 4. The van der Waals surface area contributed by atoms with E-state index in [-0.39, 0.29) is 5.69 Å². The van der Waals surface area contributed by atoms with Crippen molar-refractivity contribution in [2.24, 2.45) is 5.92 Å². The Kier molecular flexibility index (Phi) is 4.24. The summed E-state index contributed by atoms with van der Waals surface area (Å²) >= 11 is 0. The molecule has 0 N–H and O–H groups in total. The fraction of sp³-hybridized carbons (Fsp3) is 0.467. The maximum atomic E-state index is 11.9. The van der Waals surface area contributed by atoms with Crippen LogP contribution in [-0.2, 0) is 6.54 Å².